The number of likely N-dealkylation sites (tertiary alicyclic amines) is 1. The van der Waals surface area contributed by atoms with E-state index in [1.807, 2.05) is 0 Å². The van der Waals surface area contributed by atoms with Crippen molar-refractivity contribution in [3.8, 4) is 0 Å². The fourth-order valence-electron chi connectivity index (χ4n) is 2.54. The van der Waals surface area contributed by atoms with Crippen molar-refractivity contribution < 1.29 is 9.90 Å². The molecule has 2 rings (SSSR count). The summed E-state index contributed by atoms with van der Waals surface area (Å²) in [5, 5.41) is 9.14. The minimum Gasteiger partial charge on any atom is -0.480 e. The van der Waals surface area contributed by atoms with Gasteiger partial charge in [-0.05, 0) is 30.6 Å². The van der Waals surface area contributed by atoms with E-state index >= 15 is 0 Å². The van der Waals surface area contributed by atoms with E-state index in [9.17, 15) is 4.79 Å². The van der Waals surface area contributed by atoms with Crippen molar-refractivity contribution in [2.24, 2.45) is 17.8 Å². The Bertz CT molecular complexity index is 229. The zero-order valence-electron chi connectivity index (χ0n) is 8.94. The van der Waals surface area contributed by atoms with Gasteiger partial charge in [0.2, 0.25) is 0 Å². The van der Waals surface area contributed by atoms with Crippen LogP contribution in [-0.2, 0) is 4.79 Å². The average molecular weight is 197 g/mol. The normalized spacial score (nSPS) is 33.1. The summed E-state index contributed by atoms with van der Waals surface area (Å²) in [5.41, 5.74) is 0. The summed E-state index contributed by atoms with van der Waals surface area (Å²) in [6.07, 6.45) is 2.12. The first-order valence-corrected chi connectivity index (χ1v) is 5.54. The Hall–Kier alpha value is -0.570. The van der Waals surface area contributed by atoms with Crippen molar-refractivity contribution in [3.05, 3.63) is 0 Å². The van der Waals surface area contributed by atoms with E-state index in [0.29, 0.717) is 5.92 Å². The van der Waals surface area contributed by atoms with Crippen LogP contribution < -0.4 is 0 Å². The van der Waals surface area contributed by atoms with Gasteiger partial charge in [-0.3, -0.25) is 9.69 Å². The Morgan fingerprint density at radius 3 is 2.43 bits per heavy atom. The van der Waals surface area contributed by atoms with Gasteiger partial charge >= 0.3 is 5.97 Å². The van der Waals surface area contributed by atoms with Crippen LogP contribution in [-0.4, -0.2) is 35.1 Å². The number of piperidine rings is 1. The first kappa shape index (κ1) is 9.97. The molecule has 0 spiro atoms. The van der Waals surface area contributed by atoms with Gasteiger partial charge in [-0.15, -0.1) is 0 Å². The van der Waals surface area contributed by atoms with E-state index in [1.54, 1.807) is 0 Å². The summed E-state index contributed by atoms with van der Waals surface area (Å²) in [5.74, 6) is 1.47. The molecular formula is C11H19NO2. The summed E-state index contributed by atoms with van der Waals surface area (Å²) in [7, 11) is 0. The molecule has 0 aromatic rings. The minimum atomic E-state index is -0.639. The van der Waals surface area contributed by atoms with Crippen LogP contribution in [0.5, 0.6) is 0 Å². The van der Waals surface area contributed by atoms with Crippen molar-refractivity contribution in [1.82, 2.24) is 4.90 Å². The highest BCUT2D eigenvalue weighted by Crippen LogP contribution is 2.45. The number of hydrogen-bond donors (Lipinski definition) is 1. The molecule has 1 saturated carbocycles. The van der Waals surface area contributed by atoms with E-state index in [2.05, 4.69) is 18.7 Å². The SMILES string of the molecule is CC(C)CC(C(=O)O)N1CC2CC2C1. The Kier molecular flexibility index (Phi) is 2.52. The molecule has 0 amide bonds. The summed E-state index contributed by atoms with van der Waals surface area (Å²) in [4.78, 5) is 13.3. The highest BCUT2D eigenvalue weighted by atomic mass is 16.4. The second kappa shape index (κ2) is 3.54. The van der Waals surface area contributed by atoms with Crippen LogP contribution in [0.25, 0.3) is 0 Å². The largest absolute Gasteiger partial charge is 0.480 e. The third-order valence-corrected chi connectivity index (χ3v) is 3.43. The predicted octanol–water partition coefficient (Wildman–Crippen LogP) is 1.44. The molecule has 2 fully saturated rings. The molecule has 0 aromatic heterocycles. The second-order valence-corrected chi connectivity index (χ2v) is 5.19. The van der Waals surface area contributed by atoms with E-state index in [0.717, 1.165) is 31.3 Å². The van der Waals surface area contributed by atoms with Gasteiger partial charge in [-0.1, -0.05) is 13.8 Å². The fraction of sp³-hybridized carbons (Fsp3) is 0.909. The lowest BCUT2D eigenvalue weighted by molar-refractivity contribution is -0.143. The Morgan fingerprint density at radius 1 is 1.43 bits per heavy atom. The molecule has 3 nitrogen and oxygen atoms in total. The predicted molar refractivity (Wildman–Crippen MR) is 54.0 cm³/mol. The van der Waals surface area contributed by atoms with Crippen molar-refractivity contribution >= 4 is 5.97 Å². The Labute approximate surface area is 85.1 Å². The Balaban J connectivity index is 1.92. The number of nitrogens with zero attached hydrogens (tertiary/aromatic N) is 1. The van der Waals surface area contributed by atoms with Gasteiger partial charge < -0.3 is 5.11 Å². The first-order valence-electron chi connectivity index (χ1n) is 5.54. The topological polar surface area (TPSA) is 40.5 Å². The molecule has 0 radical (unpaired) electrons. The van der Waals surface area contributed by atoms with E-state index in [4.69, 9.17) is 5.11 Å². The molecule has 1 aliphatic carbocycles. The van der Waals surface area contributed by atoms with Crippen LogP contribution in [0, 0.1) is 17.8 Å². The molecule has 80 valence electrons. The average Bonchev–Trinajstić information content (AvgIpc) is 2.69. The van der Waals surface area contributed by atoms with E-state index < -0.39 is 5.97 Å². The van der Waals surface area contributed by atoms with Crippen LogP contribution in [0.1, 0.15) is 26.7 Å². The second-order valence-electron chi connectivity index (χ2n) is 5.19. The van der Waals surface area contributed by atoms with Gasteiger partial charge in [0.15, 0.2) is 0 Å². The molecule has 1 heterocycles. The van der Waals surface area contributed by atoms with Crippen LogP contribution in [0.4, 0.5) is 0 Å². The van der Waals surface area contributed by atoms with Gasteiger partial charge in [-0.2, -0.15) is 0 Å². The van der Waals surface area contributed by atoms with Gasteiger partial charge in [0.05, 0.1) is 0 Å². The quantitative estimate of drug-likeness (QED) is 0.741. The number of carbonyl (C=O) groups is 1. The maximum absolute atomic E-state index is 11.1. The third-order valence-electron chi connectivity index (χ3n) is 3.43. The molecule has 3 heteroatoms. The lowest BCUT2D eigenvalue weighted by atomic mass is 10.0. The zero-order valence-corrected chi connectivity index (χ0v) is 8.94. The lowest BCUT2D eigenvalue weighted by Crippen LogP contribution is -2.41. The van der Waals surface area contributed by atoms with Gasteiger partial charge in [0, 0.05) is 13.1 Å². The highest BCUT2D eigenvalue weighted by molar-refractivity contribution is 5.73. The summed E-state index contributed by atoms with van der Waals surface area (Å²) in [6.45, 7) is 6.22. The van der Waals surface area contributed by atoms with Crippen molar-refractivity contribution in [1.29, 1.82) is 0 Å². The maximum atomic E-state index is 11.1. The fourth-order valence-corrected chi connectivity index (χ4v) is 2.54. The molecule has 3 unspecified atom stereocenters. The maximum Gasteiger partial charge on any atom is 0.320 e. The first-order chi connectivity index (χ1) is 6.58. The number of carboxylic acids is 1. The molecule has 1 aliphatic heterocycles. The van der Waals surface area contributed by atoms with Crippen LogP contribution >= 0.6 is 0 Å². The lowest BCUT2D eigenvalue weighted by Gasteiger charge is -2.26. The smallest absolute Gasteiger partial charge is 0.320 e. The van der Waals surface area contributed by atoms with E-state index in [-0.39, 0.29) is 6.04 Å². The number of rotatable bonds is 4. The molecule has 3 atom stereocenters. The summed E-state index contributed by atoms with van der Waals surface area (Å²) in [6, 6.07) is -0.234. The minimum absolute atomic E-state index is 0.234. The highest BCUT2D eigenvalue weighted by Gasteiger charge is 2.47. The standard InChI is InChI=1S/C11H19NO2/c1-7(2)3-10(11(13)14)12-5-8-4-9(8)6-12/h7-10H,3-6H2,1-2H3,(H,13,14). The summed E-state index contributed by atoms with van der Waals surface area (Å²) < 4.78 is 0. The molecule has 2 aliphatic rings. The molecule has 0 bridgehead atoms. The molecule has 1 saturated heterocycles. The number of hydrogen-bond acceptors (Lipinski definition) is 2. The van der Waals surface area contributed by atoms with Crippen LogP contribution in [0.15, 0.2) is 0 Å². The van der Waals surface area contributed by atoms with Crippen molar-refractivity contribution in [2.45, 2.75) is 32.7 Å². The number of aliphatic carboxylic acids is 1. The van der Waals surface area contributed by atoms with Crippen LogP contribution in [0.3, 0.4) is 0 Å². The molecule has 0 aromatic carbocycles. The van der Waals surface area contributed by atoms with E-state index in [1.165, 1.54) is 6.42 Å². The van der Waals surface area contributed by atoms with Crippen LogP contribution in [0.2, 0.25) is 0 Å². The number of fused-ring (bicyclic) bond motifs is 1. The van der Waals surface area contributed by atoms with Crippen molar-refractivity contribution in [2.75, 3.05) is 13.1 Å². The molecule has 1 N–H and O–H groups in total. The Morgan fingerprint density at radius 2 is 2.00 bits per heavy atom. The summed E-state index contributed by atoms with van der Waals surface area (Å²) >= 11 is 0. The molecule has 14 heavy (non-hydrogen) atoms. The molecular weight excluding hydrogens is 178 g/mol. The third kappa shape index (κ3) is 1.92. The van der Waals surface area contributed by atoms with Gasteiger partial charge in [0.25, 0.3) is 0 Å². The monoisotopic (exact) mass is 197 g/mol. The van der Waals surface area contributed by atoms with Gasteiger partial charge in [-0.25, -0.2) is 0 Å². The number of carboxylic acid groups (broad SMARTS) is 1. The van der Waals surface area contributed by atoms with Crippen molar-refractivity contribution in [3.63, 3.8) is 0 Å². The van der Waals surface area contributed by atoms with Gasteiger partial charge in [0.1, 0.15) is 6.04 Å². The zero-order chi connectivity index (χ0) is 10.3.